The van der Waals surface area contributed by atoms with Crippen LogP contribution < -0.4 is 10.3 Å². The third-order valence-electron chi connectivity index (χ3n) is 4.22. The van der Waals surface area contributed by atoms with Crippen molar-refractivity contribution in [2.24, 2.45) is 0 Å². The summed E-state index contributed by atoms with van der Waals surface area (Å²) in [6.45, 7) is 1.28. The molecular formula is C19H17NO2. The van der Waals surface area contributed by atoms with Crippen LogP contribution in [0.15, 0.2) is 59.4 Å². The summed E-state index contributed by atoms with van der Waals surface area (Å²) in [6.07, 6.45) is 1.71. The van der Waals surface area contributed by atoms with Gasteiger partial charge in [-0.05, 0) is 30.5 Å². The Labute approximate surface area is 128 Å². The van der Waals surface area contributed by atoms with Gasteiger partial charge in [0.1, 0.15) is 5.75 Å². The molecule has 0 N–H and O–H groups in total. The first-order chi connectivity index (χ1) is 10.8. The molecule has 0 radical (unpaired) electrons. The lowest BCUT2D eigenvalue weighted by Gasteiger charge is -2.21. The normalized spacial score (nSPS) is 13.6. The molecule has 110 valence electrons. The van der Waals surface area contributed by atoms with Crippen molar-refractivity contribution in [3.8, 4) is 5.75 Å². The Morgan fingerprint density at radius 3 is 2.64 bits per heavy atom. The molecule has 3 heteroatoms. The number of ether oxygens (including phenoxy) is 1. The van der Waals surface area contributed by atoms with Gasteiger partial charge in [-0.1, -0.05) is 42.5 Å². The SMILES string of the molecule is O=c1c2c(c3ccccc3n1Cc1ccccc1)OCCC2. The van der Waals surface area contributed by atoms with Crippen LogP contribution in [0.1, 0.15) is 17.5 Å². The average molecular weight is 291 g/mol. The zero-order chi connectivity index (χ0) is 14.9. The third kappa shape index (κ3) is 2.10. The molecule has 0 bridgehead atoms. The molecule has 0 aliphatic carbocycles. The Morgan fingerprint density at radius 2 is 1.77 bits per heavy atom. The van der Waals surface area contributed by atoms with E-state index in [0.29, 0.717) is 13.2 Å². The number of hydrogen-bond donors (Lipinski definition) is 0. The summed E-state index contributed by atoms with van der Waals surface area (Å²) in [5, 5.41) is 1.03. The summed E-state index contributed by atoms with van der Waals surface area (Å²) in [7, 11) is 0. The standard InChI is InChI=1S/C19H17NO2/c21-19-16-10-6-12-22-18(16)15-9-4-5-11-17(15)20(19)13-14-7-2-1-3-8-14/h1-5,7-9,11H,6,10,12-13H2. The molecular weight excluding hydrogens is 274 g/mol. The third-order valence-corrected chi connectivity index (χ3v) is 4.22. The maximum absolute atomic E-state index is 12.9. The summed E-state index contributed by atoms with van der Waals surface area (Å²) in [5.74, 6) is 0.788. The summed E-state index contributed by atoms with van der Waals surface area (Å²) in [5.41, 5.74) is 2.97. The molecule has 0 amide bonds. The van der Waals surface area contributed by atoms with Crippen LogP contribution in [-0.4, -0.2) is 11.2 Å². The van der Waals surface area contributed by atoms with E-state index in [9.17, 15) is 4.79 Å². The monoisotopic (exact) mass is 291 g/mol. The van der Waals surface area contributed by atoms with E-state index < -0.39 is 0 Å². The van der Waals surface area contributed by atoms with Gasteiger partial charge in [-0.2, -0.15) is 0 Å². The van der Waals surface area contributed by atoms with E-state index in [1.165, 1.54) is 0 Å². The number of hydrogen-bond acceptors (Lipinski definition) is 2. The highest BCUT2D eigenvalue weighted by Crippen LogP contribution is 2.31. The topological polar surface area (TPSA) is 31.2 Å². The Hall–Kier alpha value is -2.55. The molecule has 0 spiro atoms. The van der Waals surface area contributed by atoms with Crippen molar-refractivity contribution in [2.75, 3.05) is 6.61 Å². The van der Waals surface area contributed by atoms with E-state index in [-0.39, 0.29) is 5.56 Å². The van der Waals surface area contributed by atoms with Crippen molar-refractivity contribution in [1.82, 2.24) is 4.57 Å². The van der Waals surface area contributed by atoms with Gasteiger partial charge in [0.15, 0.2) is 0 Å². The summed E-state index contributed by atoms with van der Waals surface area (Å²) >= 11 is 0. The van der Waals surface area contributed by atoms with E-state index in [4.69, 9.17) is 4.74 Å². The lowest BCUT2D eigenvalue weighted by Crippen LogP contribution is -2.28. The van der Waals surface area contributed by atoms with Crippen molar-refractivity contribution < 1.29 is 4.74 Å². The predicted octanol–water partition coefficient (Wildman–Crippen LogP) is 3.37. The van der Waals surface area contributed by atoms with Crippen LogP contribution in [-0.2, 0) is 13.0 Å². The molecule has 0 atom stereocenters. The minimum atomic E-state index is 0.0808. The van der Waals surface area contributed by atoms with E-state index in [2.05, 4.69) is 12.1 Å². The highest BCUT2D eigenvalue weighted by Gasteiger charge is 2.20. The Bertz CT molecular complexity index is 881. The second-order valence-corrected chi connectivity index (χ2v) is 5.65. The second-order valence-electron chi connectivity index (χ2n) is 5.65. The van der Waals surface area contributed by atoms with Gasteiger partial charge in [0.25, 0.3) is 5.56 Å². The molecule has 3 nitrogen and oxygen atoms in total. The van der Waals surface area contributed by atoms with Crippen LogP contribution in [0.4, 0.5) is 0 Å². The maximum atomic E-state index is 12.9. The number of pyridine rings is 1. The maximum Gasteiger partial charge on any atom is 0.258 e. The van der Waals surface area contributed by atoms with Crippen LogP contribution in [0.5, 0.6) is 5.75 Å². The first kappa shape index (κ1) is 13.1. The molecule has 1 aliphatic rings. The zero-order valence-electron chi connectivity index (χ0n) is 12.3. The summed E-state index contributed by atoms with van der Waals surface area (Å²) < 4.78 is 7.68. The quantitative estimate of drug-likeness (QED) is 0.725. The first-order valence-corrected chi connectivity index (χ1v) is 7.66. The fourth-order valence-electron chi connectivity index (χ4n) is 3.16. The highest BCUT2D eigenvalue weighted by molar-refractivity contribution is 5.87. The highest BCUT2D eigenvalue weighted by atomic mass is 16.5. The average Bonchev–Trinajstić information content (AvgIpc) is 2.59. The number of para-hydroxylation sites is 1. The molecule has 2 heterocycles. The van der Waals surface area contributed by atoms with Gasteiger partial charge in [-0.25, -0.2) is 0 Å². The molecule has 0 unspecified atom stereocenters. The van der Waals surface area contributed by atoms with Gasteiger partial charge >= 0.3 is 0 Å². The van der Waals surface area contributed by atoms with Crippen molar-refractivity contribution >= 4 is 10.9 Å². The van der Waals surface area contributed by atoms with E-state index in [1.54, 1.807) is 0 Å². The lowest BCUT2D eigenvalue weighted by molar-refractivity contribution is 0.290. The van der Waals surface area contributed by atoms with E-state index in [0.717, 1.165) is 40.6 Å². The predicted molar refractivity (Wildman–Crippen MR) is 87.6 cm³/mol. The van der Waals surface area contributed by atoms with Crippen molar-refractivity contribution in [3.63, 3.8) is 0 Å². The Morgan fingerprint density at radius 1 is 1.00 bits per heavy atom. The number of fused-ring (bicyclic) bond motifs is 3. The number of aromatic nitrogens is 1. The smallest absolute Gasteiger partial charge is 0.258 e. The summed E-state index contributed by atoms with van der Waals surface area (Å²) in [6, 6.07) is 18.1. The van der Waals surface area contributed by atoms with E-state index in [1.807, 2.05) is 47.0 Å². The van der Waals surface area contributed by atoms with Crippen molar-refractivity contribution in [1.29, 1.82) is 0 Å². The second kappa shape index (κ2) is 5.34. The van der Waals surface area contributed by atoms with Crippen molar-refractivity contribution in [2.45, 2.75) is 19.4 Å². The van der Waals surface area contributed by atoms with Crippen molar-refractivity contribution in [3.05, 3.63) is 76.1 Å². The van der Waals surface area contributed by atoms with Crippen LogP contribution >= 0.6 is 0 Å². The zero-order valence-corrected chi connectivity index (χ0v) is 12.3. The Kier molecular flexibility index (Phi) is 3.19. The van der Waals surface area contributed by atoms with Gasteiger partial charge < -0.3 is 9.30 Å². The minimum absolute atomic E-state index is 0.0808. The molecule has 3 aromatic rings. The number of benzene rings is 2. The van der Waals surface area contributed by atoms with Gasteiger partial charge in [-0.3, -0.25) is 4.79 Å². The lowest BCUT2D eigenvalue weighted by atomic mass is 10.0. The number of nitrogens with zero attached hydrogens (tertiary/aromatic N) is 1. The largest absolute Gasteiger partial charge is 0.492 e. The van der Waals surface area contributed by atoms with Gasteiger partial charge in [0, 0.05) is 5.39 Å². The van der Waals surface area contributed by atoms with Gasteiger partial charge in [0.2, 0.25) is 0 Å². The molecule has 22 heavy (non-hydrogen) atoms. The molecule has 4 rings (SSSR count). The summed E-state index contributed by atoms with van der Waals surface area (Å²) in [4.78, 5) is 12.9. The molecule has 2 aromatic carbocycles. The Balaban J connectivity index is 1.98. The fraction of sp³-hybridized carbons (Fsp3) is 0.211. The fourth-order valence-corrected chi connectivity index (χ4v) is 3.16. The van der Waals surface area contributed by atoms with Crippen LogP contribution in [0.25, 0.3) is 10.9 Å². The number of rotatable bonds is 2. The van der Waals surface area contributed by atoms with Gasteiger partial charge in [0.05, 0.1) is 24.2 Å². The molecule has 0 fully saturated rings. The van der Waals surface area contributed by atoms with Crippen LogP contribution in [0.2, 0.25) is 0 Å². The van der Waals surface area contributed by atoms with Crippen LogP contribution in [0, 0.1) is 0 Å². The first-order valence-electron chi connectivity index (χ1n) is 7.66. The minimum Gasteiger partial charge on any atom is -0.492 e. The molecule has 0 saturated carbocycles. The van der Waals surface area contributed by atoms with Crippen LogP contribution in [0.3, 0.4) is 0 Å². The molecule has 1 aliphatic heterocycles. The molecule has 1 aromatic heterocycles. The van der Waals surface area contributed by atoms with E-state index >= 15 is 0 Å². The molecule has 0 saturated heterocycles. The van der Waals surface area contributed by atoms with Gasteiger partial charge in [-0.15, -0.1) is 0 Å².